The second-order valence-electron chi connectivity index (χ2n) is 3.85. The molecule has 0 aliphatic carbocycles. The molecule has 0 aliphatic rings. The first-order valence-electron chi connectivity index (χ1n) is 5.67. The van der Waals surface area contributed by atoms with Gasteiger partial charge in [0, 0.05) is 17.8 Å². The average molecular weight is 270 g/mol. The Morgan fingerprint density at radius 2 is 1.89 bits per heavy atom. The number of ketones is 1. The van der Waals surface area contributed by atoms with Crippen LogP contribution in [0.1, 0.15) is 13.3 Å². The molecule has 0 fully saturated rings. The summed E-state index contributed by atoms with van der Waals surface area (Å²) in [5.74, 6) is -0.655. The van der Waals surface area contributed by atoms with E-state index in [2.05, 4.69) is 0 Å². The SMILES string of the molecule is CCOC(=O)CC(=O)CN(C)c1ccc(Cl)cc1. The standard InChI is InChI=1S/C13H16ClNO3/c1-3-18-13(17)8-12(16)9-15(2)11-6-4-10(14)5-7-11/h4-7H,3,8-9H2,1-2H3. The highest BCUT2D eigenvalue weighted by Crippen LogP contribution is 2.16. The van der Waals surface area contributed by atoms with Gasteiger partial charge in [-0.1, -0.05) is 11.6 Å². The Hall–Kier alpha value is -1.55. The van der Waals surface area contributed by atoms with Crippen LogP contribution in [0.3, 0.4) is 0 Å². The number of carbonyl (C=O) groups excluding carboxylic acids is 2. The zero-order valence-corrected chi connectivity index (χ0v) is 11.2. The number of benzene rings is 1. The maximum atomic E-state index is 11.6. The zero-order chi connectivity index (χ0) is 13.5. The van der Waals surface area contributed by atoms with Gasteiger partial charge in [-0.15, -0.1) is 0 Å². The van der Waals surface area contributed by atoms with E-state index in [-0.39, 0.29) is 18.7 Å². The molecular formula is C13H16ClNO3. The van der Waals surface area contributed by atoms with E-state index in [1.165, 1.54) is 0 Å². The van der Waals surface area contributed by atoms with Crippen LogP contribution in [-0.2, 0) is 14.3 Å². The monoisotopic (exact) mass is 269 g/mol. The van der Waals surface area contributed by atoms with Gasteiger partial charge in [0.1, 0.15) is 6.42 Å². The van der Waals surface area contributed by atoms with E-state index in [1.54, 1.807) is 31.0 Å². The van der Waals surface area contributed by atoms with Crippen molar-refractivity contribution in [3.05, 3.63) is 29.3 Å². The number of hydrogen-bond donors (Lipinski definition) is 0. The molecule has 0 saturated heterocycles. The molecule has 0 heterocycles. The maximum absolute atomic E-state index is 11.6. The zero-order valence-electron chi connectivity index (χ0n) is 10.5. The molecule has 0 aliphatic heterocycles. The van der Waals surface area contributed by atoms with Crippen LogP contribution in [0, 0.1) is 0 Å². The van der Waals surface area contributed by atoms with Crippen LogP contribution in [0.15, 0.2) is 24.3 Å². The number of ether oxygens (including phenoxy) is 1. The summed E-state index contributed by atoms with van der Waals surface area (Å²) in [5, 5.41) is 0.644. The van der Waals surface area contributed by atoms with Crippen LogP contribution in [0.4, 0.5) is 5.69 Å². The summed E-state index contributed by atoms with van der Waals surface area (Å²) in [6, 6.07) is 7.15. The van der Waals surface area contributed by atoms with Crippen molar-refractivity contribution in [2.45, 2.75) is 13.3 Å². The first-order valence-corrected chi connectivity index (χ1v) is 6.04. The second kappa shape index (κ2) is 7.01. The molecule has 0 bridgehead atoms. The smallest absolute Gasteiger partial charge is 0.313 e. The summed E-state index contributed by atoms with van der Waals surface area (Å²) in [6.45, 7) is 2.17. The molecule has 0 atom stereocenters. The van der Waals surface area contributed by atoms with Crippen LogP contribution in [-0.4, -0.2) is 32.0 Å². The van der Waals surface area contributed by atoms with E-state index >= 15 is 0 Å². The third kappa shape index (κ3) is 4.75. The molecule has 1 aromatic rings. The maximum Gasteiger partial charge on any atom is 0.313 e. The molecule has 4 nitrogen and oxygen atoms in total. The number of likely N-dealkylation sites (N-methyl/N-ethyl adjacent to an activating group) is 1. The lowest BCUT2D eigenvalue weighted by atomic mass is 10.2. The lowest BCUT2D eigenvalue weighted by Gasteiger charge is -2.18. The van der Waals surface area contributed by atoms with Crippen molar-refractivity contribution in [2.24, 2.45) is 0 Å². The summed E-state index contributed by atoms with van der Waals surface area (Å²) < 4.78 is 4.72. The minimum absolute atomic E-state index is 0.167. The quantitative estimate of drug-likeness (QED) is 0.587. The van der Waals surface area contributed by atoms with Crippen molar-refractivity contribution in [1.29, 1.82) is 0 Å². The predicted molar refractivity (Wildman–Crippen MR) is 71.0 cm³/mol. The highest BCUT2D eigenvalue weighted by atomic mass is 35.5. The number of nitrogens with zero attached hydrogens (tertiary/aromatic N) is 1. The molecule has 0 N–H and O–H groups in total. The fraction of sp³-hybridized carbons (Fsp3) is 0.385. The van der Waals surface area contributed by atoms with E-state index in [9.17, 15) is 9.59 Å². The molecule has 18 heavy (non-hydrogen) atoms. The number of hydrogen-bond acceptors (Lipinski definition) is 4. The average Bonchev–Trinajstić information content (AvgIpc) is 2.29. The molecule has 0 aromatic heterocycles. The first kappa shape index (κ1) is 14.5. The number of rotatable bonds is 6. The lowest BCUT2D eigenvalue weighted by molar-refractivity contribution is -0.145. The van der Waals surface area contributed by atoms with Gasteiger partial charge in [0.15, 0.2) is 5.78 Å². The minimum atomic E-state index is -0.480. The molecule has 0 unspecified atom stereocenters. The fourth-order valence-corrected chi connectivity index (χ4v) is 1.61. The summed E-state index contributed by atoms with van der Waals surface area (Å²) in [7, 11) is 1.78. The molecule has 0 radical (unpaired) electrons. The highest BCUT2D eigenvalue weighted by Gasteiger charge is 2.12. The van der Waals surface area contributed by atoms with E-state index in [0.717, 1.165) is 5.69 Å². The number of Topliss-reactive ketones (excluding diaryl/α,β-unsaturated/α-hetero) is 1. The Morgan fingerprint density at radius 1 is 1.28 bits per heavy atom. The molecule has 0 spiro atoms. The Labute approximate surface area is 111 Å². The van der Waals surface area contributed by atoms with E-state index in [1.807, 2.05) is 12.1 Å². The van der Waals surface area contributed by atoms with E-state index in [0.29, 0.717) is 11.6 Å². The Bertz CT molecular complexity index is 417. The Balaban J connectivity index is 2.49. The third-order valence-electron chi connectivity index (χ3n) is 2.33. The molecule has 1 aromatic carbocycles. The van der Waals surface area contributed by atoms with Gasteiger partial charge >= 0.3 is 5.97 Å². The topological polar surface area (TPSA) is 46.6 Å². The summed E-state index contributed by atoms with van der Waals surface area (Å²) in [6.07, 6.45) is -0.189. The summed E-state index contributed by atoms with van der Waals surface area (Å²) >= 11 is 5.78. The van der Waals surface area contributed by atoms with Crippen LogP contribution in [0.2, 0.25) is 5.02 Å². The van der Waals surface area contributed by atoms with Gasteiger partial charge in [0.2, 0.25) is 0 Å². The first-order chi connectivity index (χ1) is 8.52. The lowest BCUT2D eigenvalue weighted by Crippen LogP contribution is -2.27. The highest BCUT2D eigenvalue weighted by molar-refractivity contribution is 6.30. The van der Waals surface area contributed by atoms with Crippen LogP contribution in [0.25, 0.3) is 0 Å². The van der Waals surface area contributed by atoms with Crippen molar-refractivity contribution < 1.29 is 14.3 Å². The normalized spacial score (nSPS) is 9.94. The molecule has 0 amide bonds. The van der Waals surface area contributed by atoms with Crippen molar-refractivity contribution in [1.82, 2.24) is 0 Å². The van der Waals surface area contributed by atoms with E-state index in [4.69, 9.17) is 16.3 Å². The number of anilines is 1. The van der Waals surface area contributed by atoms with Crippen molar-refractivity contribution in [3.63, 3.8) is 0 Å². The predicted octanol–water partition coefficient (Wildman–Crippen LogP) is 2.30. The fourth-order valence-electron chi connectivity index (χ4n) is 1.48. The van der Waals surface area contributed by atoms with E-state index < -0.39 is 5.97 Å². The van der Waals surface area contributed by atoms with Gasteiger partial charge in [-0.05, 0) is 31.2 Å². The van der Waals surface area contributed by atoms with Crippen LogP contribution >= 0.6 is 11.6 Å². The van der Waals surface area contributed by atoms with Gasteiger partial charge in [-0.3, -0.25) is 9.59 Å². The van der Waals surface area contributed by atoms with Gasteiger partial charge in [-0.25, -0.2) is 0 Å². The van der Waals surface area contributed by atoms with Crippen molar-refractivity contribution >= 4 is 29.0 Å². The second-order valence-corrected chi connectivity index (χ2v) is 4.29. The third-order valence-corrected chi connectivity index (χ3v) is 2.58. The number of halogens is 1. The number of esters is 1. The van der Waals surface area contributed by atoms with Crippen molar-refractivity contribution in [3.8, 4) is 0 Å². The molecule has 98 valence electrons. The number of carbonyl (C=O) groups is 2. The Kier molecular flexibility index (Phi) is 5.65. The largest absolute Gasteiger partial charge is 0.466 e. The Morgan fingerprint density at radius 3 is 2.44 bits per heavy atom. The molecule has 1 rings (SSSR count). The molecule has 5 heteroatoms. The molecular weight excluding hydrogens is 254 g/mol. The molecule has 0 saturated carbocycles. The van der Waals surface area contributed by atoms with Gasteiger partial charge in [-0.2, -0.15) is 0 Å². The van der Waals surface area contributed by atoms with Crippen molar-refractivity contribution in [2.75, 3.05) is 25.1 Å². The van der Waals surface area contributed by atoms with Crippen LogP contribution in [0.5, 0.6) is 0 Å². The van der Waals surface area contributed by atoms with Gasteiger partial charge in [0.25, 0.3) is 0 Å². The minimum Gasteiger partial charge on any atom is -0.466 e. The van der Waals surface area contributed by atoms with Gasteiger partial charge in [0.05, 0.1) is 13.2 Å². The summed E-state index contributed by atoms with van der Waals surface area (Å²) in [5.41, 5.74) is 0.872. The van der Waals surface area contributed by atoms with Crippen LogP contribution < -0.4 is 4.90 Å². The summed E-state index contributed by atoms with van der Waals surface area (Å²) in [4.78, 5) is 24.5. The van der Waals surface area contributed by atoms with Gasteiger partial charge < -0.3 is 9.64 Å².